The topological polar surface area (TPSA) is 70.6 Å². The van der Waals surface area contributed by atoms with Crippen LogP contribution in [-0.2, 0) is 15.3 Å². The van der Waals surface area contributed by atoms with Gasteiger partial charge in [-0.15, -0.1) is 0 Å². The Morgan fingerprint density at radius 2 is 1.88 bits per heavy atom. The molecule has 0 aromatic heterocycles. The molecule has 0 heterocycles. The SMILES string of the molecule is CCNC(=NCC1(c2ccccc2Br)CC1)NCCS(=O)(=O)C(C)(C)C. The Hall–Kier alpha value is -1.08. The molecule has 1 fully saturated rings. The molecule has 0 bridgehead atoms. The zero-order chi connectivity index (χ0) is 19.4. The van der Waals surface area contributed by atoms with Gasteiger partial charge in [0.05, 0.1) is 17.0 Å². The van der Waals surface area contributed by atoms with Crippen LogP contribution < -0.4 is 10.6 Å². The van der Waals surface area contributed by atoms with E-state index < -0.39 is 14.6 Å². The number of nitrogens with one attached hydrogen (secondary N) is 2. The molecule has 0 radical (unpaired) electrons. The molecule has 0 saturated heterocycles. The Kier molecular flexibility index (Phi) is 6.77. The largest absolute Gasteiger partial charge is 0.357 e. The second-order valence-corrected chi connectivity index (χ2v) is 11.5. The summed E-state index contributed by atoms with van der Waals surface area (Å²) in [5.41, 5.74) is 1.40. The van der Waals surface area contributed by atoms with Gasteiger partial charge in [0.2, 0.25) is 0 Å². The van der Waals surface area contributed by atoms with Crippen molar-refractivity contribution in [3.63, 3.8) is 0 Å². The minimum atomic E-state index is -3.14. The van der Waals surface area contributed by atoms with E-state index in [1.807, 2.05) is 13.0 Å². The first-order valence-corrected chi connectivity index (χ1v) is 11.6. The highest BCUT2D eigenvalue weighted by Crippen LogP contribution is 2.50. The highest BCUT2D eigenvalue weighted by Gasteiger charge is 2.45. The van der Waals surface area contributed by atoms with Gasteiger partial charge in [0.1, 0.15) is 0 Å². The van der Waals surface area contributed by atoms with Crippen molar-refractivity contribution < 1.29 is 8.42 Å². The van der Waals surface area contributed by atoms with Crippen LogP contribution >= 0.6 is 15.9 Å². The normalized spacial score (nSPS) is 17.0. The summed E-state index contributed by atoms with van der Waals surface area (Å²) in [4.78, 5) is 4.73. The number of halogens is 1. The van der Waals surface area contributed by atoms with Crippen LogP contribution in [0, 0.1) is 0 Å². The van der Waals surface area contributed by atoms with Gasteiger partial charge in [0, 0.05) is 23.0 Å². The van der Waals surface area contributed by atoms with E-state index in [9.17, 15) is 8.42 Å². The first kappa shape index (κ1) is 21.2. The molecule has 0 unspecified atom stereocenters. The summed E-state index contributed by atoms with van der Waals surface area (Å²) in [6.45, 7) is 8.98. The van der Waals surface area contributed by atoms with Crippen molar-refractivity contribution in [2.45, 2.75) is 50.7 Å². The zero-order valence-corrected chi connectivity index (χ0v) is 18.5. The summed E-state index contributed by atoms with van der Waals surface area (Å²) in [5, 5.41) is 6.37. The molecule has 1 aliphatic rings. The van der Waals surface area contributed by atoms with Crippen LogP contribution in [0.1, 0.15) is 46.1 Å². The number of guanidine groups is 1. The van der Waals surface area contributed by atoms with Gasteiger partial charge < -0.3 is 10.6 Å². The van der Waals surface area contributed by atoms with Crippen molar-refractivity contribution in [1.29, 1.82) is 0 Å². The maximum absolute atomic E-state index is 12.2. The van der Waals surface area contributed by atoms with E-state index in [1.54, 1.807) is 20.8 Å². The average molecular weight is 444 g/mol. The number of hydrogen-bond donors (Lipinski definition) is 2. The molecule has 5 nitrogen and oxygen atoms in total. The molecule has 2 N–H and O–H groups in total. The third-order valence-corrected chi connectivity index (χ3v) is 8.08. The van der Waals surface area contributed by atoms with Crippen molar-refractivity contribution in [2.75, 3.05) is 25.4 Å². The van der Waals surface area contributed by atoms with Gasteiger partial charge in [-0.1, -0.05) is 34.1 Å². The maximum Gasteiger partial charge on any atom is 0.191 e. The van der Waals surface area contributed by atoms with Gasteiger partial charge in [-0.25, -0.2) is 8.42 Å². The number of benzene rings is 1. The summed E-state index contributed by atoms with van der Waals surface area (Å²) in [5.74, 6) is 0.769. The predicted octanol–water partition coefficient (Wildman–Crippen LogP) is 3.25. The van der Waals surface area contributed by atoms with Crippen LogP contribution in [0.15, 0.2) is 33.7 Å². The molecule has 0 amide bonds. The Bertz CT molecular complexity index is 750. The molecule has 1 aliphatic carbocycles. The molecule has 0 atom stereocenters. The van der Waals surface area contributed by atoms with Crippen molar-refractivity contribution in [3.05, 3.63) is 34.3 Å². The lowest BCUT2D eigenvalue weighted by Crippen LogP contribution is -2.42. The molecule has 0 aliphatic heterocycles. The van der Waals surface area contributed by atoms with E-state index in [1.165, 1.54) is 5.56 Å². The lowest BCUT2D eigenvalue weighted by Gasteiger charge is -2.20. The fraction of sp³-hybridized carbons (Fsp3) is 0.632. The standard InChI is InChI=1S/C19H30BrN3O2S/c1-5-21-17(22-12-13-26(24,25)18(2,3)4)23-14-19(10-11-19)15-8-6-7-9-16(15)20/h6-9H,5,10-14H2,1-4H3,(H2,21,22,23). The number of nitrogens with zero attached hydrogens (tertiary/aromatic N) is 1. The van der Waals surface area contributed by atoms with Crippen LogP contribution in [-0.4, -0.2) is 44.5 Å². The molecular weight excluding hydrogens is 414 g/mol. The lowest BCUT2D eigenvalue weighted by molar-refractivity contribution is 0.559. The van der Waals surface area contributed by atoms with Crippen LogP contribution in [0.2, 0.25) is 0 Å². The fourth-order valence-corrected chi connectivity index (χ4v) is 4.43. The third kappa shape index (κ3) is 5.22. The van der Waals surface area contributed by atoms with Gasteiger partial charge in [0.15, 0.2) is 15.8 Å². The Morgan fingerprint density at radius 1 is 1.23 bits per heavy atom. The molecule has 0 spiro atoms. The highest BCUT2D eigenvalue weighted by atomic mass is 79.9. The summed E-state index contributed by atoms with van der Waals surface area (Å²) < 4.78 is 24.9. The van der Waals surface area contributed by atoms with E-state index in [0.717, 1.165) is 23.9 Å². The van der Waals surface area contributed by atoms with Gasteiger partial charge in [-0.2, -0.15) is 0 Å². The fourth-order valence-electron chi connectivity index (χ4n) is 2.74. The molecular formula is C19H30BrN3O2S. The van der Waals surface area contributed by atoms with Crippen molar-refractivity contribution in [1.82, 2.24) is 10.6 Å². The summed E-state index contributed by atoms with van der Waals surface area (Å²) >= 11 is 3.65. The first-order chi connectivity index (χ1) is 12.1. The van der Waals surface area contributed by atoms with Crippen LogP contribution in [0.5, 0.6) is 0 Å². The second-order valence-electron chi connectivity index (χ2n) is 7.81. The minimum absolute atomic E-state index is 0.0935. The minimum Gasteiger partial charge on any atom is -0.357 e. The van der Waals surface area contributed by atoms with Gasteiger partial charge in [0.25, 0.3) is 0 Å². The number of rotatable bonds is 7. The predicted molar refractivity (Wildman–Crippen MR) is 113 cm³/mol. The molecule has 1 aromatic rings. The smallest absolute Gasteiger partial charge is 0.191 e. The third-order valence-electron chi connectivity index (χ3n) is 4.78. The number of aliphatic imine (C=N–C) groups is 1. The van der Waals surface area contributed by atoms with E-state index >= 15 is 0 Å². The van der Waals surface area contributed by atoms with Crippen molar-refractivity contribution in [3.8, 4) is 0 Å². The summed E-state index contributed by atoms with van der Waals surface area (Å²) in [7, 11) is -3.14. The number of sulfone groups is 1. The van der Waals surface area contributed by atoms with E-state index in [4.69, 9.17) is 4.99 Å². The van der Waals surface area contributed by atoms with Gasteiger partial charge >= 0.3 is 0 Å². The zero-order valence-electron chi connectivity index (χ0n) is 16.1. The quantitative estimate of drug-likeness (QED) is 0.501. The Labute approximate surface area is 166 Å². The average Bonchev–Trinajstić information content (AvgIpc) is 3.33. The highest BCUT2D eigenvalue weighted by molar-refractivity contribution is 9.10. The van der Waals surface area contributed by atoms with E-state index in [2.05, 4.69) is 44.8 Å². The van der Waals surface area contributed by atoms with Gasteiger partial charge in [-0.3, -0.25) is 4.99 Å². The summed E-state index contributed by atoms with van der Waals surface area (Å²) in [6.07, 6.45) is 2.24. The Balaban J connectivity index is 2.00. The van der Waals surface area contributed by atoms with E-state index in [0.29, 0.717) is 19.0 Å². The first-order valence-electron chi connectivity index (χ1n) is 9.11. The van der Waals surface area contributed by atoms with Crippen molar-refractivity contribution >= 4 is 31.7 Å². The van der Waals surface area contributed by atoms with Crippen LogP contribution in [0.3, 0.4) is 0 Å². The van der Waals surface area contributed by atoms with Crippen molar-refractivity contribution in [2.24, 2.45) is 4.99 Å². The van der Waals surface area contributed by atoms with Gasteiger partial charge in [-0.05, 0) is 52.2 Å². The summed E-state index contributed by atoms with van der Waals surface area (Å²) in [6, 6.07) is 8.31. The lowest BCUT2D eigenvalue weighted by atomic mass is 9.96. The molecule has 1 aromatic carbocycles. The Morgan fingerprint density at radius 3 is 2.42 bits per heavy atom. The number of hydrogen-bond acceptors (Lipinski definition) is 3. The van der Waals surface area contributed by atoms with E-state index in [-0.39, 0.29) is 11.2 Å². The molecule has 26 heavy (non-hydrogen) atoms. The molecule has 1 saturated carbocycles. The monoisotopic (exact) mass is 443 g/mol. The molecule has 2 rings (SSSR count). The molecule has 7 heteroatoms. The second kappa shape index (κ2) is 8.30. The van der Waals surface area contributed by atoms with Crippen LogP contribution in [0.25, 0.3) is 0 Å². The molecule has 146 valence electrons. The maximum atomic E-state index is 12.2. The van der Waals surface area contributed by atoms with Crippen LogP contribution in [0.4, 0.5) is 0 Å².